The molecule has 1 aromatic carbocycles. The second-order valence-corrected chi connectivity index (χ2v) is 8.20. The van der Waals surface area contributed by atoms with Crippen LogP contribution in [-0.2, 0) is 9.53 Å². The molecule has 0 saturated carbocycles. The molecule has 124 valence electrons. The summed E-state index contributed by atoms with van der Waals surface area (Å²) in [5.41, 5.74) is 1.75. The average molecular weight is 353 g/mol. The number of rotatable bonds is 3. The summed E-state index contributed by atoms with van der Waals surface area (Å²) in [4.78, 5) is 25.3. The quantitative estimate of drug-likeness (QED) is 0.900. The molecule has 2 aliphatic heterocycles. The lowest BCUT2D eigenvalue weighted by atomic mass is 10.1. The maximum atomic E-state index is 12.6. The molecule has 0 aliphatic carbocycles. The summed E-state index contributed by atoms with van der Waals surface area (Å²) in [5, 5.41) is 9.24. The van der Waals surface area contributed by atoms with Crippen LogP contribution < -0.4 is 0 Å². The van der Waals surface area contributed by atoms with E-state index in [9.17, 15) is 14.7 Å². The third-order valence-electron chi connectivity index (χ3n) is 3.93. The van der Waals surface area contributed by atoms with Crippen molar-refractivity contribution in [3.8, 4) is 0 Å². The van der Waals surface area contributed by atoms with Crippen LogP contribution in [0.5, 0.6) is 0 Å². The van der Waals surface area contributed by atoms with Crippen molar-refractivity contribution in [2.75, 3.05) is 31.3 Å². The average Bonchev–Trinajstić information content (AvgIpc) is 2.62. The van der Waals surface area contributed by atoms with Crippen LogP contribution >= 0.6 is 23.5 Å². The van der Waals surface area contributed by atoms with E-state index in [4.69, 9.17) is 4.74 Å². The number of aliphatic carboxylic acids is 1. The Balaban J connectivity index is 1.72. The number of morpholine rings is 1. The molecule has 3 rings (SSSR count). The molecule has 2 aliphatic rings. The monoisotopic (exact) mass is 353 g/mol. The fourth-order valence-electron chi connectivity index (χ4n) is 2.68. The predicted molar refractivity (Wildman–Crippen MR) is 92.0 cm³/mol. The normalized spacial score (nSPS) is 22.8. The lowest BCUT2D eigenvalue weighted by molar-refractivity contribution is -0.147. The van der Waals surface area contributed by atoms with Crippen molar-refractivity contribution in [2.24, 2.45) is 0 Å². The minimum absolute atomic E-state index is 0.0501. The highest BCUT2D eigenvalue weighted by Crippen LogP contribution is 2.43. The summed E-state index contributed by atoms with van der Waals surface area (Å²) < 4.78 is 5.61. The molecule has 2 heterocycles. The summed E-state index contributed by atoms with van der Waals surface area (Å²) in [7, 11) is 0. The number of carbonyl (C=O) groups excluding carboxylic acids is 1. The van der Waals surface area contributed by atoms with E-state index >= 15 is 0 Å². The van der Waals surface area contributed by atoms with Gasteiger partial charge in [0, 0.05) is 12.1 Å². The molecule has 1 aromatic rings. The first kappa shape index (κ1) is 16.7. The van der Waals surface area contributed by atoms with Gasteiger partial charge in [-0.3, -0.25) is 4.79 Å². The number of carboxylic acid groups (broad SMARTS) is 1. The van der Waals surface area contributed by atoms with Gasteiger partial charge in [-0.2, -0.15) is 0 Å². The van der Waals surface area contributed by atoms with Crippen molar-refractivity contribution in [1.82, 2.24) is 4.90 Å². The fourth-order valence-corrected chi connectivity index (χ4v) is 5.57. The van der Waals surface area contributed by atoms with E-state index in [1.54, 1.807) is 0 Å². The van der Waals surface area contributed by atoms with Gasteiger partial charge in [0.25, 0.3) is 5.91 Å². The van der Waals surface area contributed by atoms with E-state index in [0.717, 1.165) is 0 Å². The lowest BCUT2D eigenvalue weighted by Crippen LogP contribution is -2.52. The van der Waals surface area contributed by atoms with Gasteiger partial charge in [-0.1, -0.05) is 12.1 Å². The molecule has 1 N–H and O–H groups in total. The summed E-state index contributed by atoms with van der Waals surface area (Å²) in [6.45, 7) is 0.739. The van der Waals surface area contributed by atoms with Crippen molar-refractivity contribution in [2.45, 2.75) is 17.0 Å². The number of amides is 1. The van der Waals surface area contributed by atoms with Crippen LogP contribution in [0.25, 0.3) is 0 Å². The molecule has 0 radical (unpaired) electrons. The van der Waals surface area contributed by atoms with Gasteiger partial charge in [-0.15, -0.1) is 23.5 Å². The zero-order valence-electron chi connectivity index (χ0n) is 12.6. The SMILES string of the molecule is O=C(O)C1COCCN1C(=O)c1ccc(C2SCCCS2)cc1. The summed E-state index contributed by atoms with van der Waals surface area (Å²) in [6, 6.07) is 6.68. The van der Waals surface area contributed by atoms with Crippen molar-refractivity contribution in [1.29, 1.82) is 0 Å². The maximum absolute atomic E-state index is 12.6. The van der Waals surface area contributed by atoms with Gasteiger partial charge >= 0.3 is 5.97 Å². The third kappa shape index (κ3) is 3.84. The fraction of sp³-hybridized carbons (Fsp3) is 0.500. The van der Waals surface area contributed by atoms with Gasteiger partial charge < -0.3 is 14.7 Å². The number of nitrogens with zero attached hydrogens (tertiary/aromatic N) is 1. The lowest BCUT2D eigenvalue weighted by Gasteiger charge is -2.33. The molecular weight excluding hydrogens is 334 g/mol. The molecule has 1 amide bonds. The molecule has 0 aromatic heterocycles. The van der Waals surface area contributed by atoms with Gasteiger partial charge in [0.2, 0.25) is 0 Å². The predicted octanol–water partition coefficient (Wildman–Crippen LogP) is 2.48. The molecule has 2 fully saturated rings. The Hall–Kier alpha value is -1.18. The van der Waals surface area contributed by atoms with Crippen molar-refractivity contribution < 1.29 is 19.4 Å². The number of carboxylic acids is 1. The van der Waals surface area contributed by atoms with E-state index < -0.39 is 12.0 Å². The van der Waals surface area contributed by atoms with E-state index in [0.29, 0.717) is 23.3 Å². The smallest absolute Gasteiger partial charge is 0.328 e. The van der Waals surface area contributed by atoms with Gasteiger partial charge in [-0.05, 0) is 35.6 Å². The minimum Gasteiger partial charge on any atom is -0.480 e. The number of hydrogen-bond acceptors (Lipinski definition) is 5. The Morgan fingerprint density at radius 3 is 2.52 bits per heavy atom. The Morgan fingerprint density at radius 1 is 1.17 bits per heavy atom. The zero-order valence-corrected chi connectivity index (χ0v) is 14.3. The highest BCUT2D eigenvalue weighted by Gasteiger charge is 2.33. The first-order valence-corrected chi connectivity index (χ1v) is 9.71. The second-order valence-electron chi connectivity index (χ2n) is 5.48. The number of ether oxygens (including phenoxy) is 1. The van der Waals surface area contributed by atoms with Crippen LogP contribution in [0.1, 0.15) is 26.9 Å². The second kappa shape index (κ2) is 7.59. The van der Waals surface area contributed by atoms with Crippen LogP contribution in [0.15, 0.2) is 24.3 Å². The van der Waals surface area contributed by atoms with E-state index in [2.05, 4.69) is 0 Å². The van der Waals surface area contributed by atoms with E-state index in [1.165, 1.54) is 28.4 Å². The number of benzene rings is 1. The van der Waals surface area contributed by atoms with Crippen molar-refractivity contribution in [3.05, 3.63) is 35.4 Å². The molecule has 23 heavy (non-hydrogen) atoms. The largest absolute Gasteiger partial charge is 0.480 e. The molecule has 2 saturated heterocycles. The minimum atomic E-state index is -1.02. The van der Waals surface area contributed by atoms with Gasteiger partial charge in [-0.25, -0.2) is 4.79 Å². The standard InChI is InChI=1S/C16H19NO4S2/c18-14(17-6-7-21-10-13(17)15(19)20)11-2-4-12(5-3-11)16-22-8-1-9-23-16/h2-5,13,16H,1,6-10H2,(H,19,20). The van der Waals surface area contributed by atoms with Crippen LogP contribution in [0.2, 0.25) is 0 Å². The first-order valence-electron chi connectivity index (χ1n) is 7.61. The summed E-state index contributed by atoms with van der Waals surface area (Å²) in [5.74, 6) is 1.08. The Morgan fingerprint density at radius 2 is 1.87 bits per heavy atom. The summed E-state index contributed by atoms with van der Waals surface area (Å²) in [6.07, 6.45) is 1.25. The van der Waals surface area contributed by atoms with Crippen molar-refractivity contribution in [3.63, 3.8) is 0 Å². The highest BCUT2D eigenvalue weighted by atomic mass is 32.2. The molecular formula is C16H19NO4S2. The van der Waals surface area contributed by atoms with Gasteiger partial charge in [0.05, 0.1) is 17.8 Å². The van der Waals surface area contributed by atoms with Gasteiger partial charge in [0.15, 0.2) is 6.04 Å². The van der Waals surface area contributed by atoms with Crippen molar-refractivity contribution >= 4 is 35.4 Å². The molecule has 1 unspecified atom stereocenters. The number of hydrogen-bond donors (Lipinski definition) is 1. The molecule has 0 bridgehead atoms. The summed E-state index contributed by atoms with van der Waals surface area (Å²) >= 11 is 3.87. The molecule has 1 atom stereocenters. The highest BCUT2D eigenvalue weighted by molar-refractivity contribution is 8.16. The molecule has 5 nitrogen and oxygen atoms in total. The van der Waals surface area contributed by atoms with Crippen LogP contribution in [0.3, 0.4) is 0 Å². The van der Waals surface area contributed by atoms with Crippen LogP contribution in [0, 0.1) is 0 Å². The number of thioether (sulfide) groups is 2. The number of carbonyl (C=O) groups is 2. The van der Waals surface area contributed by atoms with E-state index in [1.807, 2.05) is 47.8 Å². The topological polar surface area (TPSA) is 66.8 Å². The maximum Gasteiger partial charge on any atom is 0.328 e. The van der Waals surface area contributed by atoms with Crippen LogP contribution in [0.4, 0.5) is 0 Å². The first-order chi connectivity index (χ1) is 11.2. The Labute approximate surface area is 143 Å². The Bertz CT molecular complexity index is 572. The van der Waals surface area contributed by atoms with Gasteiger partial charge in [0.1, 0.15) is 0 Å². The zero-order chi connectivity index (χ0) is 16.2. The van der Waals surface area contributed by atoms with E-state index in [-0.39, 0.29) is 12.5 Å². The van der Waals surface area contributed by atoms with Crippen LogP contribution in [-0.4, -0.2) is 59.2 Å². The Kier molecular flexibility index (Phi) is 5.50. The third-order valence-corrected chi connectivity index (χ3v) is 6.95. The molecule has 0 spiro atoms. The molecule has 7 heteroatoms.